The van der Waals surface area contributed by atoms with Crippen molar-refractivity contribution in [2.45, 2.75) is 33.6 Å². The van der Waals surface area contributed by atoms with E-state index in [1.165, 1.54) is 0 Å². The fourth-order valence-corrected chi connectivity index (χ4v) is 2.72. The molecule has 5 nitrogen and oxygen atoms in total. The molecule has 0 atom stereocenters. The first-order valence-corrected chi connectivity index (χ1v) is 9.27. The highest BCUT2D eigenvalue weighted by Crippen LogP contribution is 2.26. The second kappa shape index (κ2) is 9.70. The molecule has 0 saturated heterocycles. The fourth-order valence-electron chi connectivity index (χ4n) is 2.72. The molecule has 0 aromatic heterocycles. The van der Waals surface area contributed by atoms with Crippen LogP contribution in [-0.4, -0.2) is 25.6 Å². The number of carbonyl (C=O) groups is 1. The Kier molecular flexibility index (Phi) is 7.33. The van der Waals surface area contributed by atoms with Crippen LogP contribution in [0.1, 0.15) is 44.0 Å². The number of anilines is 3. The number of ether oxygens (including phenoxy) is 1. The summed E-state index contributed by atoms with van der Waals surface area (Å²) in [7, 11) is 0. The first-order valence-electron chi connectivity index (χ1n) is 9.27. The molecule has 3 N–H and O–H groups in total. The van der Waals surface area contributed by atoms with Gasteiger partial charge in [0.1, 0.15) is 5.75 Å². The Hall–Kier alpha value is -2.69. The number of unbranched alkanes of at least 4 members (excludes halogenated alkanes) is 1. The number of hydrogen-bond acceptors (Lipinski definition) is 4. The molecular weight excluding hydrogens is 326 g/mol. The first kappa shape index (κ1) is 19.6. The van der Waals surface area contributed by atoms with Gasteiger partial charge in [-0.3, -0.25) is 4.79 Å². The second-order valence-corrected chi connectivity index (χ2v) is 6.13. The summed E-state index contributed by atoms with van der Waals surface area (Å²) in [6, 6.07) is 12.8. The molecule has 0 aliphatic heterocycles. The Morgan fingerprint density at radius 2 is 1.77 bits per heavy atom. The largest absolute Gasteiger partial charge is 0.494 e. The molecule has 0 aliphatic carbocycles. The number of rotatable bonds is 9. The normalized spacial score (nSPS) is 10.4. The van der Waals surface area contributed by atoms with Crippen LogP contribution in [0, 0.1) is 0 Å². The summed E-state index contributed by atoms with van der Waals surface area (Å²) in [5, 5.41) is 2.89. The number of nitrogens with zero attached hydrogens (tertiary/aromatic N) is 1. The van der Waals surface area contributed by atoms with Crippen LogP contribution >= 0.6 is 0 Å². The van der Waals surface area contributed by atoms with Crippen molar-refractivity contribution in [3.05, 3.63) is 48.0 Å². The lowest BCUT2D eigenvalue weighted by atomic mass is 10.2. The van der Waals surface area contributed by atoms with Crippen LogP contribution in [0.5, 0.6) is 5.75 Å². The summed E-state index contributed by atoms with van der Waals surface area (Å²) in [6.07, 6.45) is 2.11. The van der Waals surface area contributed by atoms with Crippen LogP contribution in [0.25, 0.3) is 0 Å². The van der Waals surface area contributed by atoms with Gasteiger partial charge in [-0.2, -0.15) is 0 Å². The average molecular weight is 355 g/mol. The summed E-state index contributed by atoms with van der Waals surface area (Å²) >= 11 is 0. The zero-order valence-corrected chi connectivity index (χ0v) is 15.9. The van der Waals surface area contributed by atoms with Crippen LogP contribution in [0.3, 0.4) is 0 Å². The Morgan fingerprint density at radius 1 is 1.08 bits per heavy atom. The van der Waals surface area contributed by atoms with Crippen LogP contribution in [0.15, 0.2) is 42.5 Å². The van der Waals surface area contributed by atoms with Crippen LogP contribution < -0.4 is 20.7 Å². The van der Waals surface area contributed by atoms with Crippen LogP contribution in [-0.2, 0) is 0 Å². The number of benzene rings is 2. The van der Waals surface area contributed by atoms with E-state index in [1.54, 1.807) is 18.2 Å². The highest BCUT2D eigenvalue weighted by Gasteiger charge is 2.10. The lowest BCUT2D eigenvalue weighted by Gasteiger charge is -2.23. The van der Waals surface area contributed by atoms with Gasteiger partial charge >= 0.3 is 0 Å². The SMILES string of the molecule is CCCCOc1ccc(C(=O)Nc2ccc(N(CC)CC)c(N)c2)cc1. The molecule has 0 saturated carbocycles. The van der Waals surface area contributed by atoms with Crippen molar-refractivity contribution in [2.24, 2.45) is 0 Å². The summed E-state index contributed by atoms with van der Waals surface area (Å²) < 4.78 is 5.62. The third-order valence-corrected chi connectivity index (χ3v) is 4.27. The lowest BCUT2D eigenvalue weighted by molar-refractivity contribution is 0.102. The third kappa shape index (κ3) is 5.15. The number of nitrogens with two attached hydrogens (primary N) is 1. The summed E-state index contributed by atoms with van der Waals surface area (Å²) in [5.41, 5.74) is 9.07. The van der Waals surface area contributed by atoms with Crippen LogP contribution in [0.4, 0.5) is 17.1 Å². The van der Waals surface area contributed by atoms with Gasteiger partial charge in [0.25, 0.3) is 5.91 Å². The zero-order valence-electron chi connectivity index (χ0n) is 15.9. The molecule has 0 aliphatic rings. The van der Waals surface area contributed by atoms with Crippen molar-refractivity contribution in [2.75, 3.05) is 35.6 Å². The quantitative estimate of drug-likeness (QED) is 0.512. The predicted molar refractivity (Wildman–Crippen MR) is 109 cm³/mol. The van der Waals surface area contributed by atoms with Gasteiger partial charge in [-0.25, -0.2) is 0 Å². The molecule has 2 aromatic rings. The number of amides is 1. The molecule has 0 spiro atoms. The van der Waals surface area contributed by atoms with E-state index in [0.29, 0.717) is 23.5 Å². The number of nitrogen functional groups attached to an aromatic ring is 1. The molecule has 5 heteroatoms. The first-order chi connectivity index (χ1) is 12.6. The molecule has 0 unspecified atom stereocenters. The lowest BCUT2D eigenvalue weighted by Crippen LogP contribution is -2.23. The van der Waals surface area contributed by atoms with E-state index in [4.69, 9.17) is 10.5 Å². The van der Waals surface area contributed by atoms with Gasteiger partial charge in [-0.15, -0.1) is 0 Å². The van der Waals surface area contributed by atoms with Gasteiger partial charge in [-0.1, -0.05) is 13.3 Å². The van der Waals surface area contributed by atoms with Gasteiger partial charge in [-0.05, 0) is 62.7 Å². The Morgan fingerprint density at radius 3 is 2.35 bits per heavy atom. The van der Waals surface area contributed by atoms with E-state index in [9.17, 15) is 4.79 Å². The van der Waals surface area contributed by atoms with E-state index in [2.05, 4.69) is 31.0 Å². The number of hydrogen-bond donors (Lipinski definition) is 2. The highest BCUT2D eigenvalue weighted by atomic mass is 16.5. The van der Waals surface area contributed by atoms with Crippen molar-refractivity contribution in [1.82, 2.24) is 0 Å². The maximum Gasteiger partial charge on any atom is 0.255 e. The third-order valence-electron chi connectivity index (χ3n) is 4.27. The van der Waals surface area contributed by atoms with Gasteiger partial charge in [0.05, 0.1) is 18.0 Å². The zero-order chi connectivity index (χ0) is 18.9. The molecule has 1 amide bonds. The molecule has 2 rings (SSSR count). The van der Waals surface area contributed by atoms with Crippen molar-refractivity contribution < 1.29 is 9.53 Å². The fraction of sp³-hybridized carbons (Fsp3) is 0.381. The number of nitrogens with one attached hydrogen (secondary N) is 1. The van der Waals surface area contributed by atoms with E-state index in [1.807, 2.05) is 24.3 Å². The number of carbonyl (C=O) groups excluding carboxylic acids is 1. The van der Waals surface area contributed by atoms with Crippen molar-refractivity contribution >= 4 is 23.0 Å². The molecular formula is C21H29N3O2. The molecule has 0 radical (unpaired) electrons. The van der Waals surface area contributed by atoms with E-state index < -0.39 is 0 Å². The highest BCUT2D eigenvalue weighted by molar-refractivity contribution is 6.04. The van der Waals surface area contributed by atoms with Crippen molar-refractivity contribution in [3.63, 3.8) is 0 Å². The Labute approximate surface area is 156 Å². The van der Waals surface area contributed by atoms with Gasteiger partial charge < -0.3 is 20.7 Å². The van der Waals surface area contributed by atoms with E-state index in [-0.39, 0.29) is 5.91 Å². The van der Waals surface area contributed by atoms with Crippen molar-refractivity contribution in [3.8, 4) is 5.75 Å². The smallest absolute Gasteiger partial charge is 0.255 e. The molecule has 0 heterocycles. The minimum absolute atomic E-state index is 0.167. The summed E-state index contributed by atoms with van der Waals surface area (Å²) in [5.74, 6) is 0.614. The molecule has 0 bridgehead atoms. The van der Waals surface area contributed by atoms with Crippen LogP contribution in [0.2, 0.25) is 0 Å². The minimum atomic E-state index is -0.167. The minimum Gasteiger partial charge on any atom is -0.494 e. The maximum absolute atomic E-state index is 12.4. The standard InChI is InChI=1S/C21H29N3O2/c1-4-7-14-26-18-11-8-16(9-12-18)21(25)23-17-10-13-20(19(22)15-17)24(5-2)6-3/h8-13,15H,4-7,14,22H2,1-3H3,(H,23,25). The molecule has 140 valence electrons. The van der Waals surface area contributed by atoms with E-state index >= 15 is 0 Å². The Bertz CT molecular complexity index is 710. The molecule has 26 heavy (non-hydrogen) atoms. The van der Waals surface area contributed by atoms with E-state index in [0.717, 1.165) is 37.4 Å². The Balaban J connectivity index is 2.02. The van der Waals surface area contributed by atoms with Gasteiger partial charge in [0.15, 0.2) is 0 Å². The van der Waals surface area contributed by atoms with Gasteiger partial charge in [0, 0.05) is 24.3 Å². The monoisotopic (exact) mass is 355 g/mol. The topological polar surface area (TPSA) is 67.6 Å². The molecule has 2 aromatic carbocycles. The second-order valence-electron chi connectivity index (χ2n) is 6.13. The predicted octanol–water partition coefficient (Wildman–Crippen LogP) is 4.55. The molecule has 0 fully saturated rings. The average Bonchev–Trinajstić information content (AvgIpc) is 2.65. The van der Waals surface area contributed by atoms with Crippen molar-refractivity contribution in [1.29, 1.82) is 0 Å². The van der Waals surface area contributed by atoms with Gasteiger partial charge in [0.2, 0.25) is 0 Å². The summed E-state index contributed by atoms with van der Waals surface area (Å²) in [6.45, 7) is 8.78. The maximum atomic E-state index is 12.4. The summed E-state index contributed by atoms with van der Waals surface area (Å²) in [4.78, 5) is 14.6.